The predicted molar refractivity (Wildman–Crippen MR) is 84.1 cm³/mol. The van der Waals surface area contributed by atoms with Crippen LogP contribution in [0.3, 0.4) is 0 Å². The molecule has 0 amide bonds. The summed E-state index contributed by atoms with van der Waals surface area (Å²) < 4.78 is 0. The van der Waals surface area contributed by atoms with Gasteiger partial charge < -0.3 is 10.0 Å². The first kappa shape index (κ1) is 14.5. The molecule has 5 nitrogen and oxygen atoms in total. The number of rotatable bonds is 4. The van der Waals surface area contributed by atoms with Crippen molar-refractivity contribution in [1.29, 1.82) is 0 Å². The molecule has 0 bridgehead atoms. The number of aromatic nitrogens is 2. The van der Waals surface area contributed by atoms with Crippen LogP contribution in [0.15, 0.2) is 42.7 Å². The molecule has 1 aliphatic rings. The van der Waals surface area contributed by atoms with Gasteiger partial charge in [0.15, 0.2) is 0 Å². The number of anilines is 1. The molecule has 22 heavy (non-hydrogen) atoms. The van der Waals surface area contributed by atoms with E-state index in [4.69, 9.17) is 5.11 Å². The number of carboxylic acid groups (broad SMARTS) is 1. The largest absolute Gasteiger partial charge is 0.478 e. The van der Waals surface area contributed by atoms with Crippen LogP contribution in [-0.2, 0) is 6.42 Å². The molecule has 1 N–H and O–H groups in total. The lowest BCUT2D eigenvalue weighted by Gasteiger charge is -2.32. The van der Waals surface area contributed by atoms with Crippen molar-refractivity contribution in [3.63, 3.8) is 0 Å². The van der Waals surface area contributed by atoms with Crippen molar-refractivity contribution in [2.45, 2.75) is 19.3 Å². The van der Waals surface area contributed by atoms with Gasteiger partial charge in [0, 0.05) is 25.5 Å². The summed E-state index contributed by atoms with van der Waals surface area (Å²) in [6.07, 6.45) is 6.63. The Labute approximate surface area is 129 Å². The number of carbonyl (C=O) groups is 1. The normalized spacial score (nSPS) is 15.7. The Bertz CT molecular complexity index is 637. The van der Waals surface area contributed by atoms with Crippen LogP contribution < -0.4 is 4.90 Å². The number of nitrogens with zero attached hydrogens (tertiary/aromatic N) is 3. The molecule has 114 valence electrons. The fourth-order valence-electron chi connectivity index (χ4n) is 2.96. The van der Waals surface area contributed by atoms with Gasteiger partial charge in [0.2, 0.25) is 5.95 Å². The number of carboxylic acids is 1. The van der Waals surface area contributed by atoms with Gasteiger partial charge in [-0.15, -0.1) is 0 Å². The Hall–Kier alpha value is -2.43. The highest BCUT2D eigenvalue weighted by Gasteiger charge is 2.21. The molecule has 0 atom stereocenters. The Morgan fingerprint density at radius 1 is 1.18 bits per heavy atom. The van der Waals surface area contributed by atoms with Crippen molar-refractivity contribution in [3.05, 3.63) is 53.9 Å². The summed E-state index contributed by atoms with van der Waals surface area (Å²) in [7, 11) is 0. The van der Waals surface area contributed by atoms with E-state index in [0.717, 1.165) is 43.9 Å². The molecule has 1 aliphatic heterocycles. The van der Waals surface area contributed by atoms with Crippen LogP contribution in [0, 0.1) is 5.92 Å². The maximum absolute atomic E-state index is 11.0. The minimum absolute atomic E-state index is 0.368. The molecule has 5 heteroatoms. The van der Waals surface area contributed by atoms with Crippen LogP contribution in [0.2, 0.25) is 0 Å². The second-order valence-corrected chi connectivity index (χ2v) is 5.69. The number of piperidine rings is 1. The summed E-state index contributed by atoms with van der Waals surface area (Å²) in [5, 5.41) is 9.06. The quantitative estimate of drug-likeness (QED) is 0.939. The fraction of sp³-hybridized carbons (Fsp3) is 0.353. The zero-order chi connectivity index (χ0) is 15.4. The molecule has 3 rings (SSSR count). The van der Waals surface area contributed by atoms with Gasteiger partial charge in [-0.25, -0.2) is 14.8 Å². The summed E-state index contributed by atoms with van der Waals surface area (Å²) >= 11 is 0. The van der Waals surface area contributed by atoms with Gasteiger partial charge in [-0.2, -0.15) is 0 Å². The minimum Gasteiger partial charge on any atom is -0.478 e. The third-order valence-electron chi connectivity index (χ3n) is 4.15. The monoisotopic (exact) mass is 297 g/mol. The maximum atomic E-state index is 11.0. The SMILES string of the molecule is O=C(O)c1cccc(CC2CCN(c3ncccn3)CC2)c1. The Kier molecular flexibility index (Phi) is 4.32. The predicted octanol–water partition coefficient (Wildman–Crippen LogP) is 2.63. The molecule has 0 unspecified atom stereocenters. The van der Waals surface area contributed by atoms with Crippen molar-refractivity contribution < 1.29 is 9.90 Å². The number of hydrogen-bond donors (Lipinski definition) is 1. The molecule has 0 aliphatic carbocycles. The van der Waals surface area contributed by atoms with Crippen molar-refractivity contribution >= 4 is 11.9 Å². The lowest BCUT2D eigenvalue weighted by atomic mass is 9.90. The molecule has 1 saturated heterocycles. The van der Waals surface area contributed by atoms with Crippen molar-refractivity contribution in [3.8, 4) is 0 Å². The van der Waals surface area contributed by atoms with E-state index in [2.05, 4.69) is 14.9 Å². The summed E-state index contributed by atoms with van der Waals surface area (Å²) in [6, 6.07) is 9.09. The molecule has 2 heterocycles. The smallest absolute Gasteiger partial charge is 0.335 e. The van der Waals surface area contributed by atoms with Gasteiger partial charge >= 0.3 is 5.97 Å². The second kappa shape index (κ2) is 6.56. The summed E-state index contributed by atoms with van der Waals surface area (Å²) in [6.45, 7) is 1.90. The highest BCUT2D eigenvalue weighted by molar-refractivity contribution is 5.87. The third-order valence-corrected chi connectivity index (χ3v) is 4.15. The van der Waals surface area contributed by atoms with Crippen LogP contribution in [0.4, 0.5) is 5.95 Å². The summed E-state index contributed by atoms with van der Waals surface area (Å²) in [5.74, 6) is 0.524. The van der Waals surface area contributed by atoms with E-state index in [1.54, 1.807) is 24.5 Å². The zero-order valence-corrected chi connectivity index (χ0v) is 12.4. The number of hydrogen-bond acceptors (Lipinski definition) is 4. The van der Waals surface area contributed by atoms with Gasteiger partial charge in [-0.3, -0.25) is 0 Å². The molecule has 2 aromatic rings. The first-order valence-corrected chi connectivity index (χ1v) is 7.56. The molecule has 1 aromatic carbocycles. The highest BCUT2D eigenvalue weighted by Crippen LogP contribution is 2.24. The molecule has 0 saturated carbocycles. The van der Waals surface area contributed by atoms with E-state index < -0.39 is 5.97 Å². The average Bonchev–Trinajstić information content (AvgIpc) is 2.56. The number of benzene rings is 1. The van der Waals surface area contributed by atoms with E-state index in [1.165, 1.54) is 0 Å². The summed E-state index contributed by atoms with van der Waals surface area (Å²) in [4.78, 5) is 21.8. The lowest BCUT2D eigenvalue weighted by molar-refractivity contribution is 0.0696. The van der Waals surface area contributed by atoms with Crippen LogP contribution >= 0.6 is 0 Å². The zero-order valence-electron chi connectivity index (χ0n) is 12.4. The Morgan fingerprint density at radius 2 is 1.91 bits per heavy atom. The molecule has 0 radical (unpaired) electrons. The van der Waals surface area contributed by atoms with E-state index in [0.29, 0.717) is 11.5 Å². The fourth-order valence-corrected chi connectivity index (χ4v) is 2.96. The Balaban J connectivity index is 1.58. The topological polar surface area (TPSA) is 66.3 Å². The molecular formula is C17H19N3O2. The van der Waals surface area contributed by atoms with Crippen LogP contribution in [0.1, 0.15) is 28.8 Å². The second-order valence-electron chi connectivity index (χ2n) is 5.69. The Morgan fingerprint density at radius 3 is 2.59 bits per heavy atom. The van der Waals surface area contributed by atoms with E-state index >= 15 is 0 Å². The van der Waals surface area contributed by atoms with E-state index in [-0.39, 0.29) is 0 Å². The summed E-state index contributed by atoms with van der Waals surface area (Å²) in [5.41, 5.74) is 1.47. The van der Waals surface area contributed by atoms with Gasteiger partial charge in [-0.1, -0.05) is 12.1 Å². The van der Waals surface area contributed by atoms with Crippen LogP contribution in [0.25, 0.3) is 0 Å². The molecule has 1 fully saturated rings. The average molecular weight is 297 g/mol. The van der Waals surface area contributed by atoms with Gasteiger partial charge in [0.05, 0.1) is 5.56 Å². The molecule has 0 spiro atoms. The molecule has 1 aromatic heterocycles. The lowest BCUT2D eigenvalue weighted by Crippen LogP contribution is -2.35. The van der Waals surface area contributed by atoms with Gasteiger partial charge in [-0.05, 0) is 48.9 Å². The van der Waals surface area contributed by atoms with Crippen LogP contribution in [-0.4, -0.2) is 34.1 Å². The van der Waals surface area contributed by atoms with Gasteiger partial charge in [0.25, 0.3) is 0 Å². The van der Waals surface area contributed by atoms with Crippen molar-refractivity contribution in [2.24, 2.45) is 5.92 Å². The molecular weight excluding hydrogens is 278 g/mol. The highest BCUT2D eigenvalue weighted by atomic mass is 16.4. The number of aromatic carboxylic acids is 1. The van der Waals surface area contributed by atoms with Crippen LogP contribution in [0.5, 0.6) is 0 Å². The first-order valence-electron chi connectivity index (χ1n) is 7.56. The maximum Gasteiger partial charge on any atom is 0.335 e. The van der Waals surface area contributed by atoms with Crippen molar-refractivity contribution in [1.82, 2.24) is 9.97 Å². The minimum atomic E-state index is -0.863. The third kappa shape index (κ3) is 3.42. The first-order chi connectivity index (χ1) is 10.7. The van der Waals surface area contributed by atoms with E-state index in [1.807, 2.05) is 18.2 Å². The van der Waals surface area contributed by atoms with Crippen molar-refractivity contribution in [2.75, 3.05) is 18.0 Å². The standard InChI is InChI=1S/C17H19N3O2/c21-16(22)15-4-1-3-14(12-15)11-13-5-9-20(10-6-13)17-18-7-2-8-19-17/h1-4,7-8,12-13H,5-6,9-11H2,(H,21,22). The van der Waals surface area contributed by atoms with E-state index in [9.17, 15) is 4.79 Å². The van der Waals surface area contributed by atoms with Gasteiger partial charge in [0.1, 0.15) is 0 Å².